The average Bonchev–Trinajstić information content (AvgIpc) is 2.59. The van der Waals surface area contributed by atoms with Gasteiger partial charge in [0.15, 0.2) is 0 Å². The number of amides is 2. The number of carbonyl (C=O) groups excluding carboxylic acids is 1. The second-order valence-corrected chi connectivity index (χ2v) is 5.38. The fourth-order valence-corrected chi connectivity index (χ4v) is 2.22. The van der Waals surface area contributed by atoms with Crippen LogP contribution in [0.3, 0.4) is 0 Å². The molecule has 0 radical (unpaired) electrons. The highest BCUT2D eigenvalue weighted by Crippen LogP contribution is 2.13. The summed E-state index contributed by atoms with van der Waals surface area (Å²) in [4.78, 5) is 11.9. The van der Waals surface area contributed by atoms with E-state index < -0.39 is 0 Å². The van der Waals surface area contributed by atoms with E-state index in [-0.39, 0.29) is 12.1 Å². The van der Waals surface area contributed by atoms with Crippen LogP contribution in [0.2, 0.25) is 0 Å². The van der Waals surface area contributed by atoms with Gasteiger partial charge in [-0.2, -0.15) is 0 Å². The van der Waals surface area contributed by atoms with Gasteiger partial charge in [-0.15, -0.1) is 0 Å². The molecule has 2 amide bonds. The van der Waals surface area contributed by atoms with Crippen LogP contribution in [0.15, 0.2) is 54.6 Å². The van der Waals surface area contributed by atoms with Crippen molar-refractivity contribution in [2.24, 2.45) is 0 Å². The van der Waals surface area contributed by atoms with Crippen LogP contribution < -0.4 is 15.4 Å². The van der Waals surface area contributed by atoms with Crippen LogP contribution in [0.4, 0.5) is 4.79 Å². The van der Waals surface area contributed by atoms with Crippen LogP contribution >= 0.6 is 0 Å². The fraction of sp³-hybridized carbons (Fsp3) is 0.316. The number of urea groups is 1. The molecule has 2 aromatic rings. The van der Waals surface area contributed by atoms with Crippen molar-refractivity contribution in [3.63, 3.8) is 0 Å². The number of para-hydroxylation sites is 1. The summed E-state index contributed by atoms with van der Waals surface area (Å²) in [6, 6.07) is 17.6. The van der Waals surface area contributed by atoms with Gasteiger partial charge in [-0.3, -0.25) is 0 Å². The van der Waals surface area contributed by atoms with Gasteiger partial charge in [0.1, 0.15) is 12.4 Å². The van der Waals surface area contributed by atoms with Crippen LogP contribution in [0, 0.1) is 0 Å². The van der Waals surface area contributed by atoms with E-state index in [2.05, 4.69) is 41.8 Å². The molecule has 1 unspecified atom stereocenters. The summed E-state index contributed by atoms with van der Waals surface area (Å²) in [6.45, 7) is 5.00. The summed E-state index contributed by atoms with van der Waals surface area (Å²) in [5.74, 6) is 0.805. The third-order valence-electron chi connectivity index (χ3n) is 3.64. The summed E-state index contributed by atoms with van der Waals surface area (Å²) < 4.78 is 5.53. The molecule has 0 aliphatic heterocycles. The largest absolute Gasteiger partial charge is 0.492 e. The van der Waals surface area contributed by atoms with Crippen molar-refractivity contribution in [3.05, 3.63) is 65.7 Å². The maximum absolute atomic E-state index is 11.9. The third kappa shape index (κ3) is 5.66. The van der Waals surface area contributed by atoms with Crippen LogP contribution in [0.25, 0.3) is 0 Å². The number of hydrogen-bond donors (Lipinski definition) is 2. The van der Waals surface area contributed by atoms with E-state index in [4.69, 9.17) is 4.74 Å². The molecule has 1 atom stereocenters. The number of nitrogens with one attached hydrogen (secondary N) is 2. The monoisotopic (exact) mass is 312 g/mol. The molecule has 23 heavy (non-hydrogen) atoms. The van der Waals surface area contributed by atoms with E-state index in [1.54, 1.807) is 0 Å². The molecule has 0 heterocycles. The van der Waals surface area contributed by atoms with Crippen molar-refractivity contribution in [2.75, 3.05) is 13.2 Å². The highest BCUT2D eigenvalue weighted by molar-refractivity contribution is 5.74. The molecule has 0 aromatic heterocycles. The molecule has 0 spiro atoms. The predicted octanol–water partition coefficient (Wildman–Crippen LogP) is 3.69. The average molecular weight is 312 g/mol. The lowest BCUT2D eigenvalue weighted by molar-refractivity contribution is 0.233. The summed E-state index contributed by atoms with van der Waals surface area (Å²) in [6.07, 6.45) is 1.02. The number of hydrogen-bond acceptors (Lipinski definition) is 2. The topological polar surface area (TPSA) is 50.4 Å². The normalized spacial score (nSPS) is 11.6. The molecule has 0 bridgehead atoms. The Bertz CT molecular complexity index is 597. The summed E-state index contributed by atoms with van der Waals surface area (Å²) in [7, 11) is 0. The smallest absolute Gasteiger partial charge is 0.315 e. The zero-order chi connectivity index (χ0) is 16.5. The Morgan fingerprint density at radius 2 is 1.78 bits per heavy atom. The maximum atomic E-state index is 11.9. The Morgan fingerprint density at radius 3 is 2.43 bits per heavy atom. The van der Waals surface area contributed by atoms with Gasteiger partial charge in [-0.25, -0.2) is 4.79 Å². The predicted molar refractivity (Wildman–Crippen MR) is 92.7 cm³/mol. The highest BCUT2D eigenvalue weighted by atomic mass is 16.5. The Kier molecular flexibility index (Phi) is 6.48. The van der Waals surface area contributed by atoms with Gasteiger partial charge >= 0.3 is 6.03 Å². The van der Waals surface area contributed by atoms with E-state index in [1.165, 1.54) is 5.56 Å². The zero-order valence-electron chi connectivity index (χ0n) is 13.7. The van der Waals surface area contributed by atoms with Crippen molar-refractivity contribution in [1.29, 1.82) is 0 Å². The van der Waals surface area contributed by atoms with Crippen molar-refractivity contribution >= 4 is 6.03 Å². The van der Waals surface area contributed by atoms with E-state index in [1.807, 2.05) is 37.3 Å². The molecule has 2 aromatic carbocycles. The van der Waals surface area contributed by atoms with E-state index >= 15 is 0 Å². The molecule has 2 N–H and O–H groups in total. The van der Waals surface area contributed by atoms with Crippen LogP contribution in [0.1, 0.15) is 31.0 Å². The van der Waals surface area contributed by atoms with Gasteiger partial charge < -0.3 is 15.4 Å². The molecular formula is C19H24N2O2. The molecule has 4 nitrogen and oxygen atoms in total. The molecule has 2 rings (SSSR count). The van der Waals surface area contributed by atoms with Gasteiger partial charge in [0.05, 0.1) is 12.6 Å². The van der Waals surface area contributed by atoms with Gasteiger partial charge in [-0.05, 0) is 36.6 Å². The molecule has 0 saturated heterocycles. The fourth-order valence-electron chi connectivity index (χ4n) is 2.22. The first-order chi connectivity index (χ1) is 11.2. The summed E-state index contributed by atoms with van der Waals surface area (Å²) in [5.41, 5.74) is 2.39. The van der Waals surface area contributed by atoms with E-state index in [0.29, 0.717) is 13.2 Å². The lowest BCUT2D eigenvalue weighted by Gasteiger charge is -2.15. The Labute approximate surface area is 137 Å². The molecular weight excluding hydrogens is 288 g/mol. The molecule has 0 aliphatic rings. The van der Waals surface area contributed by atoms with E-state index in [0.717, 1.165) is 17.7 Å². The molecule has 0 fully saturated rings. The number of rotatable bonds is 7. The highest BCUT2D eigenvalue weighted by Gasteiger charge is 2.08. The summed E-state index contributed by atoms with van der Waals surface area (Å²) >= 11 is 0. The van der Waals surface area contributed by atoms with Crippen molar-refractivity contribution in [1.82, 2.24) is 10.6 Å². The van der Waals surface area contributed by atoms with Gasteiger partial charge in [0, 0.05) is 0 Å². The van der Waals surface area contributed by atoms with Crippen LogP contribution in [-0.2, 0) is 6.42 Å². The number of benzene rings is 2. The first kappa shape index (κ1) is 16.9. The van der Waals surface area contributed by atoms with Gasteiger partial charge in [0.2, 0.25) is 0 Å². The molecule has 0 saturated carbocycles. The number of carbonyl (C=O) groups is 1. The zero-order valence-corrected chi connectivity index (χ0v) is 13.7. The van der Waals surface area contributed by atoms with Crippen molar-refractivity contribution in [2.45, 2.75) is 26.3 Å². The standard InChI is InChI=1S/C19H24N2O2/c1-3-16-9-11-17(12-10-16)15(2)21-19(22)20-13-14-23-18-7-5-4-6-8-18/h4-12,15H,3,13-14H2,1-2H3,(H2,20,21,22). The maximum Gasteiger partial charge on any atom is 0.315 e. The summed E-state index contributed by atoms with van der Waals surface area (Å²) in [5, 5.41) is 5.73. The third-order valence-corrected chi connectivity index (χ3v) is 3.64. The van der Waals surface area contributed by atoms with Crippen molar-refractivity contribution < 1.29 is 9.53 Å². The quantitative estimate of drug-likeness (QED) is 0.766. The first-order valence-electron chi connectivity index (χ1n) is 8.00. The van der Waals surface area contributed by atoms with Crippen LogP contribution in [-0.4, -0.2) is 19.2 Å². The lowest BCUT2D eigenvalue weighted by atomic mass is 10.1. The number of aryl methyl sites for hydroxylation is 1. The lowest BCUT2D eigenvalue weighted by Crippen LogP contribution is -2.38. The minimum atomic E-state index is -0.186. The Morgan fingerprint density at radius 1 is 1.09 bits per heavy atom. The minimum Gasteiger partial charge on any atom is -0.492 e. The first-order valence-corrected chi connectivity index (χ1v) is 8.00. The van der Waals surface area contributed by atoms with Gasteiger partial charge in [-0.1, -0.05) is 49.4 Å². The molecule has 0 aliphatic carbocycles. The SMILES string of the molecule is CCc1ccc(C(C)NC(=O)NCCOc2ccccc2)cc1. The minimum absolute atomic E-state index is 0.0315. The number of ether oxygens (including phenoxy) is 1. The van der Waals surface area contributed by atoms with Crippen molar-refractivity contribution in [3.8, 4) is 5.75 Å². The van der Waals surface area contributed by atoms with Gasteiger partial charge in [0.25, 0.3) is 0 Å². The molecule has 4 heteroatoms. The second kappa shape index (κ2) is 8.83. The second-order valence-electron chi connectivity index (χ2n) is 5.38. The Balaban J connectivity index is 1.69. The Hall–Kier alpha value is -2.49. The van der Waals surface area contributed by atoms with E-state index in [9.17, 15) is 4.79 Å². The molecule has 122 valence electrons. The van der Waals surface area contributed by atoms with Crippen LogP contribution in [0.5, 0.6) is 5.75 Å².